The lowest BCUT2D eigenvalue weighted by atomic mass is 10.2. The molecule has 1 saturated carbocycles. The summed E-state index contributed by atoms with van der Waals surface area (Å²) in [5, 5.41) is 6.42. The molecule has 1 aliphatic carbocycles. The molecule has 0 aromatic carbocycles. The van der Waals surface area contributed by atoms with Gasteiger partial charge in [0.15, 0.2) is 0 Å². The van der Waals surface area contributed by atoms with Gasteiger partial charge in [-0.15, -0.1) is 11.3 Å². The Balaban J connectivity index is 1.47. The van der Waals surface area contributed by atoms with Crippen molar-refractivity contribution in [3.8, 4) is 0 Å². The Bertz CT molecular complexity index is 1240. The van der Waals surface area contributed by atoms with Crippen molar-refractivity contribution in [2.45, 2.75) is 38.9 Å². The zero-order valence-corrected chi connectivity index (χ0v) is 16.2. The molecule has 1 aliphatic rings. The van der Waals surface area contributed by atoms with Crippen LogP contribution in [0.1, 0.15) is 24.2 Å². The van der Waals surface area contributed by atoms with Gasteiger partial charge in [-0.25, -0.2) is 4.68 Å². The Hall–Kier alpha value is -3.00. The number of hydrogen-bond donors (Lipinski definition) is 0. The van der Waals surface area contributed by atoms with E-state index in [0.29, 0.717) is 17.9 Å². The molecule has 1 fully saturated rings. The minimum atomic E-state index is -0.234. The first-order chi connectivity index (χ1) is 13.6. The molecule has 0 spiro atoms. The minimum Gasteiger partial charge on any atom is -0.334 e. The zero-order valence-electron chi connectivity index (χ0n) is 15.4. The standard InChI is InChI=1S/C20H19N5O2S/c1-13-22-24(20(27)17-10-18-16(25(13)17)6-9-28-18)12-19(26)23(15-2-3-15)11-14-4-7-21-8-5-14/h4-10,15H,2-3,11-12H2,1H3. The number of fused-ring (bicyclic) bond motifs is 3. The lowest BCUT2D eigenvalue weighted by molar-refractivity contribution is -0.133. The Morgan fingerprint density at radius 1 is 1.25 bits per heavy atom. The number of thiophene rings is 1. The number of aryl methyl sites for hydroxylation is 1. The van der Waals surface area contributed by atoms with Crippen molar-refractivity contribution in [1.29, 1.82) is 0 Å². The van der Waals surface area contributed by atoms with Gasteiger partial charge < -0.3 is 4.90 Å². The second kappa shape index (κ2) is 6.56. The summed E-state index contributed by atoms with van der Waals surface area (Å²) in [5.74, 6) is 0.619. The largest absolute Gasteiger partial charge is 0.334 e. The molecule has 5 rings (SSSR count). The van der Waals surface area contributed by atoms with Crippen molar-refractivity contribution in [1.82, 2.24) is 24.1 Å². The molecule has 0 aliphatic heterocycles. The first-order valence-corrected chi connectivity index (χ1v) is 10.1. The summed E-state index contributed by atoms with van der Waals surface area (Å²) in [5.41, 5.74) is 2.35. The van der Waals surface area contributed by atoms with Gasteiger partial charge in [0.2, 0.25) is 5.91 Å². The summed E-state index contributed by atoms with van der Waals surface area (Å²) < 4.78 is 4.21. The molecule has 8 heteroatoms. The van der Waals surface area contributed by atoms with E-state index < -0.39 is 0 Å². The van der Waals surface area contributed by atoms with Crippen LogP contribution >= 0.6 is 11.3 Å². The highest BCUT2D eigenvalue weighted by atomic mass is 32.1. The Labute approximate surface area is 164 Å². The maximum Gasteiger partial charge on any atom is 0.291 e. The van der Waals surface area contributed by atoms with Crippen molar-refractivity contribution in [3.05, 3.63) is 63.8 Å². The molecule has 0 N–H and O–H groups in total. The number of rotatable bonds is 5. The van der Waals surface area contributed by atoms with Gasteiger partial charge in [-0.05, 0) is 55.0 Å². The summed E-state index contributed by atoms with van der Waals surface area (Å²) in [7, 11) is 0. The summed E-state index contributed by atoms with van der Waals surface area (Å²) in [6, 6.07) is 7.95. The van der Waals surface area contributed by atoms with Gasteiger partial charge in [0.05, 0.1) is 10.2 Å². The smallest absolute Gasteiger partial charge is 0.291 e. The molecule has 0 atom stereocenters. The van der Waals surface area contributed by atoms with Gasteiger partial charge >= 0.3 is 0 Å². The van der Waals surface area contributed by atoms with Crippen LogP contribution in [0, 0.1) is 6.92 Å². The molecule has 1 amide bonds. The van der Waals surface area contributed by atoms with Crippen LogP contribution in [0.5, 0.6) is 0 Å². The average Bonchev–Trinajstić information content (AvgIpc) is 3.31. The summed E-state index contributed by atoms with van der Waals surface area (Å²) in [6.07, 6.45) is 5.47. The Morgan fingerprint density at radius 2 is 2.04 bits per heavy atom. The number of nitrogens with zero attached hydrogens (tertiary/aromatic N) is 5. The molecule has 0 radical (unpaired) electrons. The van der Waals surface area contributed by atoms with Crippen LogP contribution in [0.25, 0.3) is 15.7 Å². The zero-order chi connectivity index (χ0) is 19.3. The fourth-order valence-electron chi connectivity index (χ4n) is 3.65. The first kappa shape index (κ1) is 17.1. The number of amides is 1. The second-order valence-electron chi connectivity index (χ2n) is 7.15. The van der Waals surface area contributed by atoms with Gasteiger partial charge in [0.25, 0.3) is 5.56 Å². The van der Waals surface area contributed by atoms with Crippen molar-refractivity contribution >= 4 is 33.0 Å². The molecule has 0 bridgehead atoms. The molecule has 0 saturated heterocycles. The van der Waals surface area contributed by atoms with E-state index in [2.05, 4.69) is 10.1 Å². The van der Waals surface area contributed by atoms with Crippen LogP contribution in [-0.4, -0.2) is 36.0 Å². The number of aromatic nitrogens is 4. The van der Waals surface area contributed by atoms with E-state index in [9.17, 15) is 9.59 Å². The van der Waals surface area contributed by atoms with Crippen LogP contribution in [0.4, 0.5) is 0 Å². The van der Waals surface area contributed by atoms with Crippen molar-refractivity contribution < 1.29 is 4.79 Å². The third kappa shape index (κ3) is 2.90. The van der Waals surface area contributed by atoms with E-state index in [0.717, 1.165) is 28.6 Å². The van der Waals surface area contributed by atoms with Crippen molar-refractivity contribution in [2.24, 2.45) is 0 Å². The maximum absolute atomic E-state index is 13.0. The molecular weight excluding hydrogens is 374 g/mol. The minimum absolute atomic E-state index is 0.0451. The fraction of sp³-hybridized carbons (Fsp3) is 0.300. The van der Waals surface area contributed by atoms with E-state index in [1.165, 1.54) is 4.68 Å². The third-order valence-corrected chi connectivity index (χ3v) is 6.01. The van der Waals surface area contributed by atoms with Gasteiger partial charge in [-0.3, -0.25) is 19.0 Å². The van der Waals surface area contributed by atoms with E-state index in [4.69, 9.17) is 0 Å². The van der Waals surface area contributed by atoms with Crippen LogP contribution in [0.15, 0.2) is 46.8 Å². The molecule has 4 heterocycles. The van der Waals surface area contributed by atoms with Crippen LogP contribution in [0.2, 0.25) is 0 Å². The van der Waals surface area contributed by atoms with Crippen LogP contribution in [-0.2, 0) is 17.9 Å². The monoisotopic (exact) mass is 393 g/mol. The van der Waals surface area contributed by atoms with Crippen molar-refractivity contribution in [2.75, 3.05) is 0 Å². The van der Waals surface area contributed by atoms with Crippen LogP contribution < -0.4 is 5.56 Å². The van der Waals surface area contributed by atoms with Gasteiger partial charge in [-0.1, -0.05) is 0 Å². The number of carbonyl (C=O) groups is 1. The summed E-state index contributed by atoms with van der Waals surface area (Å²) in [4.78, 5) is 31.9. The molecule has 4 aromatic heterocycles. The van der Waals surface area contributed by atoms with E-state index in [1.54, 1.807) is 23.7 Å². The summed E-state index contributed by atoms with van der Waals surface area (Å²) >= 11 is 1.59. The second-order valence-corrected chi connectivity index (χ2v) is 8.10. The van der Waals surface area contributed by atoms with Gasteiger partial charge in [0, 0.05) is 25.0 Å². The first-order valence-electron chi connectivity index (χ1n) is 9.26. The number of carbonyl (C=O) groups excluding carboxylic acids is 1. The van der Waals surface area contributed by atoms with E-state index in [1.807, 2.05) is 45.9 Å². The predicted octanol–water partition coefficient (Wildman–Crippen LogP) is 2.61. The fourth-order valence-corrected chi connectivity index (χ4v) is 4.45. The highest BCUT2D eigenvalue weighted by molar-refractivity contribution is 7.17. The van der Waals surface area contributed by atoms with E-state index in [-0.39, 0.29) is 24.1 Å². The highest BCUT2D eigenvalue weighted by Gasteiger charge is 2.33. The predicted molar refractivity (Wildman–Crippen MR) is 107 cm³/mol. The lowest BCUT2D eigenvalue weighted by Crippen LogP contribution is -2.39. The topological polar surface area (TPSA) is 72.5 Å². The Kier molecular flexibility index (Phi) is 4.01. The molecule has 4 aromatic rings. The Morgan fingerprint density at radius 3 is 2.79 bits per heavy atom. The summed E-state index contributed by atoms with van der Waals surface area (Å²) in [6.45, 7) is 2.35. The maximum atomic E-state index is 13.0. The van der Waals surface area contributed by atoms with Crippen LogP contribution in [0.3, 0.4) is 0 Å². The van der Waals surface area contributed by atoms with E-state index >= 15 is 0 Å². The molecule has 142 valence electrons. The number of hydrogen-bond acceptors (Lipinski definition) is 5. The highest BCUT2D eigenvalue weighted by Crippen LogP contribution is 2.29. The molecular formula is C20H19N5O2S. The van der Waals surface area contributed by atoms with Gasteiger partial charge in [-0.2, -0.15) is 5.10 Å². The van der Waals surface area contributed by atoms with Gasteiger partial charge in [0.1, 0.15) is 17.9 Å². The SMILES string of the molecule is Cc1nn(CC(=O)N(Cc2ccncc2)C2CC2)c(=O)c2cc3sccc3n12. The normalized spacial score (nSPS) is 14.0. The molecule has 0 unspecified atom stereocenters. The number of pyridine rings is 1. The quantitative estimate of drug-likeness (QED) is 0.522. The average molecular weight is 393 g/mol. The molecule has 28 heavy (non-hydrogen) atoms. The molecule has 7 nitrogen and oxygen atoms in total. The van der Waals surface area contributed by atoms with Crippen molar-refractivity contribution in [3.63, 3.8) is 0 Å². The third-order valence-electron chi connectivity index (χ3n) is 5.16. The lowest BCUT2D eigenvalue weighted by Gasteiger charge is -2.23.